The predicted molar refractivity (Wildman–Crippen MR) is 82.7 cm³/mol. The Morgan fingerprint density at radius 2 is 2.00 bits per heavy atom. The molecule has 0 aliphatic rings. The van der Waals surface area contributed by atoms with Crippen LogP contribution in [-0.4, -0.2) is 11.1 Å². The monoisotopic (exact) mass is 293 g/mol. The standard InChI is InChI=1S/C16H20FNOS/c1-11(2)18(10-14-5-4-8-20-14)16-7-6-13(12(3)19)9-15(16)17/h4-9,11-12,19H,10H2,1-3H3. The maximum absolute atomic E-state index is 14.3. The first-order valence-electron chi connectivity index (χ1n) is 6.75. The van der Waals surface area contributed by atoms with E-state index in [-0.39, 0.29) is 11.9 Å². The number of rotatable bonds is 5. The van der Waals surface area contributed by atoms with Gasteiger partial charge in [-0.05, 0) is 49.9 Å². The lowest BCUT2D eigenvalue weighted by molar-refractivity contribution is 0.199. The molecule has 2 nitrogen and oxygen atoms in total. The molecular weight excluding hydrogens is 273 g/mol. The van der Waals surface area contributed by atoms with E-state index in [0.29, 0.717) is 17.8 Å². The van der Waals surface area contributed by atoms with Crippen molar-refractivity contribution in [2.24, 2.45) is 0 Å². The van der Waals surface area contributed by atoms with Crippen molar-refractivity contribution in [1.82, 2.24) is 0 Å². The van der Waals surface area contributed by atoms with Crippen LogP contribution in [0, 0.1) is 5.82 Å². The number of anilines is 1. The van der Waals surface area contributed by atoms with Gasteiger partial charge in [0.25, 0.3) is 0 Å². The van der Waals surface area contributed by atoms with Gasteiger partial charge in [-0.1, -0.05) is 12.1 Å². The molecule has 4 heteroatoms. The minimum absolute atomic E-state index is 0.198. The Morgan fingerprint density at radius 1 is 1.25 bits per heavy atom. The second-order valence-electron chi connectivity index (χ2n) is 5.19. The van der Waals surface area contributed by atoms with Gasteiger partial charge in [0, 0.05) is 10.9 Å². The Bertz CT molecular complexity index is 552. The molecule has 0 aliphatic heterocycles. The summed E-state index contributed by atoms with van der Waals surface area (Å²) in [6.45, 7) is 6.44. The van der Waals surface area contributed by atoms with Crippen LogP contribution in [0.1, 0.15) is 37.3 Å². The van der Waals surface area contributed by atoms with Gasteiger partial charge in [0.15, 0.2) is 0 Å². The van der Waals surface area contributed by atoms with E-state index in [1.165, 1.54) is 10.9 Å². The first kappa shape index (κ1) is 15.0. The topological polar surface area (TPSA) is 23.5 Å². The Balaban J connectivity index is 2.30. The van der Waals surface area contributed by atoms with E-state index in [9.17, 15) is 9.50 Å². The fourth-order valence-electron chi connectivity index (χ4n) is 2.13. The lowest BCUT2D eigenvalue weighted by Crippen LogP contribution is -2.30. The normalized spacial score (nSPS) is 12.7. The van der Waals surface area contributed by atoms with E-state index in [1.807, 2.05) is 16.3 Å². The SMILES string of the molecule is CC(O)c1ccc(N(Cc2cccs2)C(C)C)c(F)c1. The average molecular weight is 293 g/mol. The first-order valence-corrected chi connectivity index (χ1v) is 7.63. The van der Waals surface area contributed by atoms with E-state index < -0.39 is 6.10 Å². The van der Waals surface area contributed by atoms with Gasteiger partial charge in [-0.15, -0.1) is 11.3 Å². The van der Waals surface area contributed by atoms with Crippen LogP contribution in [0.25, 0.3) is 0 Å². The molecule has 1 heterocycles. The van der Waals surface area contributed by atoms with E-state index >= 15 is 0 Å². The highest BCUT2D eigenvalue weighted by Gasteiger charge is 2.17. The zero-order chi connectivity index (χ0) is 14.7. The van der Waals surface area contributed by atoms with E-state index in [1.54, 1.807) is 30.4 Å². The highest BCUT2D eigenvalue weighted by Crippen LogP contribution is 2.27. The molecule has 1 aromatic heterocycles. The fourth-order valence-corrected chi connectivity index (χ4v) is 2.83. The Hall–Kier alpha value is -1.39. The number of aliphatic hydroxyl groups excluding tert-OH is 1. The van der Waals surface area contributed by atoms with Crippen LogP contribution >= 0.6 is 11.3 Å². The summed E-state index contributed by atoms with van der Waals surface area (Å²) in [5.41, 5.74) is 1.18. The van der Waals surface area contributed by atoms with Crippen molar-refractivity contribution in [3.8, 4) is 0 Å². The molecule has 108 valence electrons. The smallest absolute Gasteiger partial charge is 0.146 e. The van der Waals surface area contributed by atoms with Gasteiger partial charge in [-0.25, -0.2) is 4.39 Å². The van der Waals surface area contributed by atoms with Gasteiger partial charge < -0.3 is 10.0 Å². The van der Waals surface area contributed by atoms with Gasteiger partial charge in [0.05, 0.1) is 18.3 Å². The molecule has 1 unspecified atom stereocenters. The molecule has 0 amide bonds. The van der Waals surface area contributed by atoms with Crippen molar-refractivity contribution in [2.75, 3.05) is 4.90 Å². The van der Waals surface area contributed by atoms with E-state index in [0.717, 1.165) is 0 Å². The molecule has 0 bridgehead atoms. The molecule has 2 aromatic rings. The molecule has 2 rings (SSSR count). The number of halogens is 1. The molecular formula is C16H20FNOS. The minimum atomic E-state index is -0.650. The van der Waals surface area contributed by atoms with Gasteiger partial charge in [-0.3, -0.25) is 0 Å². The van der Waals surface area contributed by atoms with Crippen LogP contribution in [-0.2, 0) is 6.54 Å². The summed E-state index contributed by atoms with van der Waals surface area (Å²) in [6.07, 6.45) is -0.650. The summed E-state index contributed by atoms with van der Waals surface area (Å²) < 4.78 is 14.3. The molecule has 20 heavy (non-hydrogen) atoms. The number of hydrogen-bond acceptors (Lipinski definition) is 3. The van der Waals surface area contributed by atoms with Crippen LogP contribution < -0.4 is 4.90 Å². The molecule has 1 aromatic carbocycles. The van der Waals surface area contributed by atoms with Gasteiger partial charge in [0.2, 0.25) is 0 Å². The number of thiophene rings is 1. The molecule has 0 radical (unpaired) electrons. The third kappa shape index (κ3) is 3.38. The van der Waals surface area contributed by atoms with Gasteiger partial charge in [0.1, 0.15) is 5.82 Å². The van der Waals surface area contributed by atoms with Gasteiger partial charge in [-0.2, -0.15) is 0 Å². The van der Waals surface area contributed by atoms with Crippen LogP contribution in [0.3, 0.4) is 0 Å². The molecule has 1 N–H and O–H groups in total. The van der Waals surface area contributed by atoms with E-state index in [2.05, 4.69) is 19.9 Å². The minimum Gasteiger partial charge on any atom is -0.389 e. The van der Waals surface area contributed by atoms with Crippen molar-refractivity contribution >= 4 is 17.0 Å². The Kier molecular flexibility index (Phi) is 4.78. The van der Waals surface area contributed by atoms with Crippen LogP contribution in [0.15, 0.2) is 35.7 Å². The summed E-state index contributed by atoms with van der Waals surface area (Å²) in [5.74, 6) is -0.284. The highest BCUT2D eigenvalue weighted by molar-refractivity contribution is 7.09. The first-order chi connectivity index (χ1) is 9.49. The van der Waals surface area contributed by atoms with Crippen molar-refractivity contribution in [2.45, 2.75) is 39.5 Å². The zero-order valence-electron chi connectivity index (χ0n) is 12.0. The summed E-state index contributed by atoms with van der Waals surface area (Å²) in [5, 5.41) is 11.5. The maximum Gasteiger partial charge on any atom is 0.146 e. The van der Waals surface area contributed by atoms with Crippen LogP contribution in [0.2, 0.25) is 0 Å². The molecule has 1 atom stereocenters. The average Bonchev–Trinajstić information content (AvgIpc) is 2.89. The lowest BCUT2D eigenvalue weighted by atomic mass is 10.1. The van der Waals surface area contributed by atoms with Crippen molar-refractivity contribution < 1.29 is 9.50 Å². The molecule has 0 aliphatic carbocycles. The van der Waals surface area contributed by atoms with Gasteiger partial charge >= 0.3 is 0 Å². The molecule has 0 saturated heterocycles. The molecule has 0 saturated carbocycles. The third-order valence-electron chi connectivity index (χ3n) is 3.29. The lowest BCUT2D eigenvalue weighted by Gasteiger charge is -2.29. The largest absolute Gasteiger partial charge is 0.389 e. The Labute approximate surface area is 123 Å². The number of hydrogen-bond donors (Lipinski definition) is 1. The number of benzene rings is 1. The van der Waals surface area contributed by atoms with E-state index in [4.69, 9.17) is 0 Å². The second-order valence-corrected chi connectivity index (χ2v) is 6.22. The summed E-state index contributed by atoms with van der Waals surface area (Å²) >= 11 is 1.67. The fraction of sp³-hybridized carbons (Fsp3) is 0.375. The van der Waals surface area contributed by atoms with Crippen molar-refractivity contribution in [3.63, 3.8) is 0 Å². The maximum atomic E-state index is 14.3. The second kappa shape index (κ2) is 6.37. The predicted octanol–water partition coefficient (Wildman–Crippen LogP) is 4.36. The summed E-state index contributed by atoms with van der Waals surface area (Å²) in [4.78, 5) is 3.24. The van der Waals surface area contributed by atoms with Crippen LogP contribution in [0.4, 0.5) is 10.1 Å². The quantitative estimate of drug-likeness (QED) is 0.885. The third-order valence-corrected chi connectivity index (χ3v) is 4.15. The number of aliphatic hydroxyl groups is 1. The molecule has 0 spiro atoms. The summed E-state index contributed by atoms with van der Waals surface area (Å²) in [6, 6.07) is 9.22. The highest BCUT2D eigenvalue weighted by atomic mass is 32.1. The zero-order valence-corrected chi connectivity index (χ0v) is 12.8. The number of nitrogens with zero attached hydrogens (tertiary/aromatic N) is 1. The van der Waals surface area contributed by atoms with Crippen LogP contribution in [0.5, 0.6) is 0 Å². The summed E-state index contributed by atoms with van der Waals surface area (Å²) in [7, 11) is 0. The molecule has 0 fully saturated rings. The Morgan fingerprint density at radius 3 is 2.50 bits per heavy atom. The van der Waals surface area contributed by atoms with Crippen molar-refractivity contribution in [1.29, 1.82) is 0 Å². The van der Waals surface area contributed by atoms with Crippen molar-refractivity contribution in [3.05, 3.63) is 52.0 Å².